The molecule has 0 heterocycles. The number of amides is 2. The average molecular weight is 403 g/mol. The first-order chi connectivity index (χ1) is 13.2. The Kier molecular flexibility index (Phi) is 5.20. The fourth-order valence-corrected chi connectivity index (χ4v) is 6.25. The van der Waals surface area contributed by atoms with Crippen molar-refractivity contribution in [3.8, 4) is 0 Å². The Balaban J connectivity index is 1.36. The maximum Gasteiger partial charge on any atom is 0.252 e. The molecule has 0 saturated heterocycles. The van der Waals surface area contributed by atoms with Gasteiger partial charge in [-0.2, -0.15) is 0 Å². The minimum absolute atomic E-state index is 0.0468. The minimum atomic E-state index is -0.623. The second-order valence-electron chi connectivity index (χ2n) is 9.95. The summed E-state index contributed by atoms with van der Waals surface area (Å²) in [5.74, 6) is 2.97. The lowest BCUT2D eigenvalue weighted by Crippen LogP contribution is -2.57. The highest BCUT2D eigenvalue weighted by atomic mass is 35.5. The van der Waals surface area contributed by atoms with Crippen LogP contribution in [0.15, 0.2) is 18.2 Å². The van der Waals surface area contributed by atoms with Crippen molar-refractivity contribution in [2.75, 3.05) is 0 Å². The van der Waals surface area contributed by atoms with Crippen molar-refractivity contribution in [1.82, 2.24) is 10.6 Å². The normalized spacial score (nSPS) is 30.9. The van der Waals surface area contributed by atoms with Crippen LogP contribution in [-0.4, -0.2) is 23.4 Å². The van der Waals surface area contributed by atoms with Gasteiger partial charge in [0.15, 0.2) is 0 Å². The number of carbonyl (C=O) groups is 2. The Hall–Kier alpha value is -1.55. The molecule has 0 radical (unpaired) electrons. The maximum atomic E-state index is 12.8. The topological polar surface area (TPSA) is 58.2 Å². The molecule has 0 atom stereocenters. The van der Waals surface area contributed by atoms with Crippen molar-refractivity contribution in [2.45, 2.75) is 70.9 Å². The highest BCUT2D eigenvalue weighted by molar-refractivity contribution is 6.31. The molecule has 1 aromatic carbocycles. The summed E-state index contributed by atoms with van der Waals surface area (Å²) in [4.78, 5) is 25.5. The van der Waals surface area contributed by atoms with Crippen molar-refractivity contribution in [3.05, 3.63) is 34.3 Å². The first-order valence-corrected chi connectivity index (χ1v) is 11.0. The third kappa shape index (κ3) is 3.94. The summed E-state index contributed by atoms with van der Waals surface area (Å²) in [7, 11) is 0. The van der Waals surface area contributed by atoms with E-state index in [9.17, 15) is 9.59 Å². The van der Waals surface area contributed by atoms with Crippen LogP contribution in [0.4, 0.5) is 0 Å². The number of carbonyl (C=O) groups excluding carboxylic acids is 2. The third-order valence-electron chi connectivity index (χ3n) is 7.12. The molecule has 152 valence electrons. The van der Waals surface area contributed by atoms with Crippen LogP contribution in [0.5, 0.6) is 0 Å². The van der Waals surface area contributed by atoms with Gasteiger partial charge in [-0.15, -0.1) is 0 Å². The van der Waals surface area contributed by atoms with Gasteiger partial charge in [0.1, 0.15) is 0 Å². The molecule has 4 nitrogen and oxygen atoms in total. The van der Waals surface area contributed by atoms with E-state index in [0.29, 0.717) is 28.5 Å². The predicted molar refractivity (Wildman–Crippen MR) is 111 cm³/mol. The average Bonchev–Trinajstić information content (AvgIpc) is 2.59. The van der Waals surface area contributed by atoms with Crippen molar-refractivity contribution in [1.29, 1.82) is 0 Å². The maximum absolute atomic E-state index is 12.8. The molecule has 4 bridgehead atoms. The quantitative estimate of drug-likeness (QED) is 0.762. The first kappa shape index (κ1) is 19.8. The Bertz CT molecular complexity index is 761. The Morgan fingerprint density at radius 1 is 1.07 bits per heavy atom. The molecule has 0 aliphatic heterocycles. The van der Waals surface area contributed by atoms with Gasteiger partial charge < -0.3 is 10.6 Å². The molecule has 5 heteroatoms. The molecule has 5 rings (SSSR count). The molecule has 4 fully saturated rings. The molecule has 2 N–H and O–H groups in total. The van der Waals surface area contributed by atoms with E-state index >= 15 is 0 Å². The zero-order valence-corrected chi connectivity index (χ0v) is 17.8. The van der Waals surface area contributed by atoms with Crippen molar-refractivity contribution >= 4 is 23.4 Å². The summed E-state index contributed by atoms with van der Waals surface area (Å²) in [5, 5.41) is 6.93. The lowest BCUT2D eigenvalue weighted by Gasteiger charge is -2.54. The van der Waals surface area contributed by atoms with E-state index in [0.717, 1.165) is 17.4 Å². The lowest BCUT2D eigenvalue weighted by molar-refractivity contribution is -0.126. The van der Waals surface area contributed by atoms with Crippen molar-refractivity contribution in [2.24, 2.45) is 23.7 Å². The van der Waals surface area contributed by atoms with Crippen molar-refractivity contribution < 1.29 is 9.59 Å². The third-order valence-corrected chi connectivity index (χ3v) is 7.53. The molecular weight excluding hydrogens is 372 g/mol. The fraction of sp³-hybridized carbons (Fsp3) is 0.652. The van der Waals surface area contributed by atoms with E-state index in [1.54, 1.807) is 18.2 Å². The van der Waals surface area contributed by atoms with Gasteiger partial charge in [0.25, 0.3) is 5.91 Å². The molecule has 2 amide bonds. The second-order valence-corrected chi connectivity index (χ2v) is 10.4. The molecular formula is C23H31ClN2O2. The van der Waals surface area contributed by atoms with Crippen LogP contribution in [0, 0.1) is 30.6 Å². The van der Waals surface area contributed by atoms with E-state index in [1.807, 2.05) is 20.8 Å². The lowest BCUT2D eigenvalue weighted by atomic mass is 9.54. The molecule has 1 aromatic rings. The summed E-state index contributed by atoms with van der Waals surface area (Å²) in [6.45, 7) is 5.64. The van der Waals surface area contributed by atoms with Crippen LogP contribution in [-0.2, 0) is 4.79 Å². The highest BCUT2D eigenvalue weighted by Gasteiger charge is 2.48. The number of hydrogen-bond donors (Lipinski definition) is 2. The first-order valence-electron chi connectivity index (χ1n) is 10.6. The number of rotatable bonds is 5. The predicted octanol–water partition coefficient (Wildman–Crippen LogP) is 4.49. The summed E-state index contributed by atoms with van der Waals surface area (Å²) in [6.07, 6.45) is 6.83. The standard InChI is InChI=1S/C23H31ClN2O2/c1-13-18(5-4-6-19(13)24)22(28)26-23(2,3)12-20(27)25-21-16-8-14-7-15(10-16)11-17(21)9-14/h4-6,14-17,21H,7-12H2,1-3H3,(H,25,27)(H,26,28). The SMILES string of the molecule is Cc1c(Cl)cccc1C(=O)NC(C)(C)CC(=O)NC1C2CC3CC(C2)CC1C3. The van der Waals surface area contributed by atoms with Gasteiger partial charge in [-0.3, -0.25) is 9.59 Å². The van der Waals surface area contributed by atoms with E-state index in [1.165, 1.54) is 32.1 Å². The Labute approximate surface area is 172 Å². The van der Waals surface area contributed by atoms with Crippen LogP contribution in [0.3, 0.4) is 0 Å². The fourth-order valence-electron chi connectivity index (χ4n) is 6.07. The van der Waals surface area contributed by atoms with Gasteiger partial charge in [-0.1, -0.05) is 17.7 Å². The molecule has 4 aliphatic rings. The van der Waals surface area contributed by atoms with Gasteiger partial charge in [0.2, 0.25) is 5.91 Å². The van der Waals surface area contributed by atoms with Crippen LogP contribution >= 0.6 is 11.6 Å². The molecule has 28 heavy (non-hydrogen) atoms. The van der Waals surface area contributed by atoms with Gasteiger partial charge in [0.05, 0.1) is 0 Å². The summed E-state index contributed by atoms with van der Waals surface area (Å²) in [6, 6.07) is 5.65. The van der Waals surface area contributed by atoms with Gasteiger partial charge >= 0.3 is 0 Å². The van der Waals surface area contributed by atoms with Crippen LogP contribution in [0.1, 0.15) is 68.3 Å². The zero-order valence-electron chi connectivity index (χ0n) is 17.1. The summed E-state index contributed by atoms with van der Waals surface area (Å²) < 4.78 is 0. The van der Waals surface area contributed by atoms with Crippen LogP contribution in [0.25, 0.3) is 0 Å². The van der Waals surface area contributed by atoms with Gasteiger partial charge in [-0.25, -0.2) is 0 Å². The zero-order chi connectivity index (χ0) is 20.1. The number of hydrogen-bond acceptors (Lipinski definition) is 2. The second kappa shape index (κ2) is 7.37. The van der Waals surface area contributed by atoms with Crippen molar-refractivity contribution in [3.63, 3.8) is 0 Å². The van der Waals surface area contributed by atoms with E-state index in [4.69, 9.17) is 11.6 Å². The summed E-state index contributed by atoms with van der Waals surface area (Å²) in [5.41, 5.74) is 0.694. The largest absolute Gasteiger partial charge is 0.353 e. The van der Waals surface area contributed by atoms with E-state index in [2.05, 4.69) is 10.6 Å². The van der Waals surface area contributed by atoms with Gasteiger partial charge in [0, 0.05) is 28.6 Å². The minimum Gasteiger partial charge on any atom is -0.353 e. The Morgan fingerprint density at radius 2 is 1.68 bits per heavy atom. The van der Waals surface area contributed by atoms with Gasteiger partial charge in [-0.05, 0) is 94.2 Å². The Morgan fingerprint density at radius 3 is 2.29 bits per heavy atom. The monoisotopic (exact) mass is 402 g/mol. The molecule has 0 unspecified atom stereocenters. The molecule has 4 aliphatic carbocycles. The smallest absolute Gasteiger partial charge is 0.252 e. The molecule has 0 spiro atoms. The van der Waals surface area contributed by atoms with E-state index in [-0.39, 0.29) is 18.2 Å². The summed E-state index contributed by atoms with van der Waals surface area (Å²) >= 11 is 6.14. The molecule has 4 saturated carbocycles. The highest BCUT2D eigenvalue weighted by Crippen LogP contribution is 2.53. The molecule has 0 aromatic heterocycles. The van der Waals surface area contributed by atoms with Crippen LogP contribution in [0.2, 0.25) is 5.02 Å². The number of benzene rings is 1. The number of halogens is 1. The van der Waals surface area contributed by atoms with E-state index < -0.39 is 5.54 Å². The van der Waals surface area contributed by atoms with Crippen LogP contribution < -0.4 is 10.6 Å². The number of nitrogens with one attached hydrogen (secondary N) is 2.